The molecule has 1 heterocycles. The van der Waals surface area contributed by atoms with Crippen LogP contribution in [0.25, 0.3) is 0 Å². The smallest absolute Gasteiger partial charge is 0.269 e. The molecule has 27 heavy (non-hydrogen) atoms. The number of aliphatic imine (C=N–C) groups is 1. The molecule has 1 saturated carbocycles. The minimum atomic E-state index is -0.406. The molecule has 140 valence electrons. The summed E-state index contributed by atoms with van der Waals surface area (Å²) in [4.78, 5) is 24.1. The largest absolute Gasteiger partial charge is 0.270 e. The molecule has 0 unspecified atom stereocenters. The lowest BCUT2D eigenvalue weighted by atomic mass is 9.87. The quantitative estimate of drug-likeness (QED) is 0.714. The van der Waals surface area contributed by atoms with E-state index in [1.54, 1.807) is 11.8 Å². The summed E-state index contributed by atoms with van der Waals surface area (Å²) in [5, 5.41) is 2.11. The van der Waals surface area contributed by atoms with Crippen LogP contribution in [0.3, 0.4) is 0 Å². The highest BCUT2D eigenvalue weighted by Gasteiger charge is 2.52. The molecule has 1 aliphatic heterocycles. The second-order valence-corrected chi connectivity index (χ2v) is 8.55. The Hall–Kier alpha value is -2.11. The van der Waals surface area contributed by atoms with Gasteiger partial charge in [0, 0.05) is 0 Å². The van der Waals surface area contributed by atoms with Gasteiger partial charge in [0.2, 0.25) is 0 Å². The van der Waals surface area contributed by atoms with Crippen LogP contribution in [0, 0.1) is 6.92 Å². The third-order valence-corrected chi connectivity index (χ3v) is 6.64. The normalized spacial score (nSPS) is 20.6. The van der Waals surface area contributed by atoms with Crippen LogP contribution in [0.1, 0.15) is 43.2 Å². The molecule has 1 spiro atoms. The van der Waals surface area contributed by atoms with Gasteiger partial charge < -0.3 is 0 Å². The monoisotopic (exact) mass is 380 g/mol. The van der Waals surface area contributed by atoms with Gasteiger partial charge in [0.1, 0.15) is 11.4 Å². The van der Waals surface area contributed by atoms with Crippen LogP contribution in [-0.2, 0) is 16.2 Å². The second kappa shape index (κ2) is 7.87. The van der Waals surface area contributed by atoms with E-state index in [1.807, 2.05) is 61.5 Å². The number of para-hydroxylation sites is 1. The average Bonchev–Trinajstić information content (AvgIpc) is 2.94. The molecular formula is C22H24N2O2S. The van der Waals surface area contributed by atoms with Crippen molar-refractivity contribution in [1.29, 1.82) is 0 Å². The van der Waals surface area contributed by atoms with Gasteiger partial charge in [0.05, 0.1) is 5.69 Å². The van der Waals surface area contributed by atoms with Crippen LogP contribution in [0.5, 0.6) is 0 Å². The Morgan fingerprint density at radius 1 is 1.04 bits per heavy atom. The maximum Gasteiger partial charge on any atom is 0.269 e. The number of aryl methyl sites for hydroxylation is 1. The van der Waals surface area contributed by atoms with Crippen molar-refractivity contribution >= 4 is 28.5 Å². The lowest BCUT2D eigenvalue weighted by molar-refractivity contribution is -0.167. The molecular weight excluding hydrogens is 356 g/mol. The molecule has 4 nitrogen and oxygen atoms in total. The number of rotatable bonds is 4. The van der Waals surface area contributed by atoms with Crippen molar-refractivity contribution in [3.05, 3.63) is 65.7 Å². The van der Waals surface area contributed by atoms with Crippen molar-refractivity contribution < 1.29 is 9.63 Å². The molecule has 1 saturated heterocycles. The van der Waals surface area contributed by atoms with Crippen LogP contribution in [0.15, 0.2) is 59.6 Å². The van der Waals surface area contributed by atoms with Crippen molar-refractivity contribution in [2.75, 3.05) is 0 Å². The van der Waals surface area contributed by atoms with Crippen LogP contribution >= 0.6 is 11.8 Å². The third-order valence-electron chi connectivity index (χ3n) is 5.23. The standard InChI is InChI=1S/C22H24N2O2S/c1-17-10-6-7-13-19(17)23-21-24(26-16-18-11-4-2-5-12-18)20(25)22(27-21)14-8-3-9-15-22/h2,4-7,10-13H,3,8-9,14-16H2,1H3. The molecule has 5 heteroatoms. The highest BCUT2D eigenvalue weighted by Crippen LogP contribution is 2.48. The summed E-state index contributed by atoms with van der Waals surface area (Å²) in [5.74, 6) is 0.0514. The van der Waals surface area contributed by atoms with Crippen molar-refractivity contribution in [3.8, 4) is 0 Å². The fourth-order valence-corrected chi connectivity index (χ4v) is 5.03. The van der Waals surface area contributed by atoms with Crippen LogP contribution in [-0.4, -0.2) is 20.9 Å². The Labute approximate surface area is 164 Å². The Bertz CT molecular complexity index is 844. The van der Waals surface area contributed by atoms with Crippen LogP contribution in [0.4, 0.5) is 5.69 Å². The third kappa shape index (κ3) is 3.80. The van der Waals surface area contributed by atoms with Crippen molar-refractivity contribution in [2.24, 2.45) is 4.99 Å². The number of hydrogen-bond acceptors (Lipinski definition) is 4. The summed E-state index contributed by atoms with van der Waals surface area (Å²) in [5.41, 5.74) is 3.01. The van der Waals surface area contributed by atoms with Gasteiger partial charge in [-0.1, -0.05) is 79.6 Å². The van der Waals surface area contributed by atoms with Crippen LogP contribution in [0.2, 0.25) is 0 Å². The molecule has 0 atom stereocenters. The maximum atomic E-state index is 13.3. The van der Waals surface area contributed by atoms with Gasteiger partial charge in [0.15, 0.2) is 5.17 Å². The molecule has 0 radical (unpaired) electrons. The number of amidine groups is 1. The van der Waals surface area contributed by atoms with Crippen molar-refractivity contribution in [2.45, 2.75) is 50.4 Å². The number of carbonyl (C=O) groups is 1. The van der Waals surface area contributed by atoms with E-state index in [9.17, 15) is 4.79 Å². The van der Waals surface area contributed by atoms with Gasteiger partial charge in [-0.3, -0.25) is 9.63 Å². The van der Waals surface area contributed by atoms with Gasteiger partial charge in [0.25, 0.3) is 5.91 Å². The van der Waals surface area contributed by atoms with E-state index in [1.165, 1.54) is 11.5 Å². The summed E-state index contributed by atoms with van der Waals surface area (Å²) < 4.78 is -0.406. The molecule has 1 amide bonds. The molecule has 2 aromatic rings. The van der Waals surface area contributed by atoms with E-state index in [0.29, 0.717) is 11.8 Å². The van der Waals surface area contributed by atoms with Gasteiger partial charge in [-0.15, -0.1) is 0 Å². The molecule has 0 bridgehead atoms. The first-order valence-electron chi connectivity index (χ1n) is 9.53. The summed E-state index contributed by atoms with van der Waals surface area (Å²) in [6.07, 6.45) is 5.17. The molecule has 1 aliphatic carbocycles. The number of carbonyl (C=O) groups excluding carboxylic acids is 1. The minimum Gasteiger partial charge on any atom is -0.270 e. The highest BCUT2D eigenvalue weighted by atomic mass is 32.2. The number of hydrogen-bond donors (Lipinski definition) is 0. The number of nitrogens with zero attached hydrogens (tertiary/aromatic N) is 2. The summed E-state index contributed by atoms with van der Waals surface area (Å²) in [7, 11) is 0. The highest BCUT2D eigenvalue weighted by molar-refractivity contribution is 8.16. The molecule has 0 aromatic heterocycles. The fraction of sp³-hybridized carbons (Fsp3) is 0.364. The van der Waals surface area contributed by atoms with Gasteiger partial charge in [-0.05, 0) is 37.0 Å². The van der Waals surface area contributed by atoms with E-state index in [-0.39, 0.29) is 5.91 Å². The molecule has 2 fully saturated rings. The predicted octanol–water partition coefficient (Wildman–Crippen LogP) is 5.39. The first-order valence-corrected chi connectivity index (χ1v) is 10.3. The Kier molecular flexibility index (Phi) is 5.32. The van der Waals surface area contributed by atoms with E-state index >= 15 is 0 Å². The van der Waals surface area contributed by atoms with Crippen molar-refractivity contribution in [1.82, 2.24) is 5.06 Å². The topological polar surface area (TPSA) is 41.9 Å². The maximum absolute atomic E-state index is 13.3. The Balaban J connectivity index is 1.63. The zero-order chi connectivity index (χ0) is 18.7. The zero-order valence-electron chi connectivity index (χ0n) is 15.6. The number of benzene rings is 2. The van der Waals surface area contributed by atoms with Gasteiger partial charge in [-0.25, -0.2) is 4.99 Å². The van der Waals surface area contributed by atoms with E-state index in [0.717, 1.165) is 42.5 Å². The van der Waals surface area contributed by atoms with E-state index in [2.05, 4.69) is 0 Å². The summed E-state index contributed by atoms with van der Waals surface area (Å²) in [6.45, 7) is 2.39. The number of amides is 1. The number of thioether (sulfide) groups is 1. The van der Waals surface area contributed by atoms with Gasteiger partial charge >= 0.3 is 0 Å². The predicted molar refractivity (Wildman–Crippen MR) is 110 cm³/mol. The minimum absolute atomic E-state index is 0.0514. The lowest BCUT2D eigenvalue weighted by Gasteiger charge is -2.29. The second-order valence-electron chi connectivity index (χ2n) is 7.20. The average molecular weight is 381 g/mol. The first-order chi connectivity index (χ1) is 13.2. The summed E-state index contributed by atoms with van der Waals surface area (Å²) >= 11 is 1.59. The molecule has 2 aliphatic rings. The van der Waals surface area contributed by atoms with Gasteiger partial charge in [-0.2, -0.15) is 5.06 Å². The molecule has 2 aromatic carbocycles. The Morgan fingerprint density at radius 2 is 1.74 bits per heavy atom. The SMILES string of the molecule is Cc1ccccc1N=C1SC2(CCCCC2)C(=O)N1OCc1ccccc1. The number of hydroxylamine groups is 2. The van der Waals surface area contributed by atoms with Crippen molar-refractivity contribution in [3.63, 3.8) is 0 Å². The van der Waals surface area contributed by atoms with Crippen LogP contribution < -0.4 is 0 Å². The Morgan fingerprint density at radius 3 is 2.48 bits per heavy atom. The zero-order valence-corrected chi connectivity index (χ0v) is 16.4. The fourth-order valence-electron chi connectivity index (χ4n) is 3.66. The summed E-state index contributed by atoms with van der Waals surface area (Å²) in [6, 6.07) is 17.9. The first kappa shape index (κ1) is 18.3. The molecule has 4 rings (SSSR count). The van der Waals surface area contributed by atoms with E-state index in [4.69, 9.17) is 9.83 Å². The lowest BCUT2D eigenvalue weighted by Crippen LogP contribution is -2.40. The molecule has 0 N–H and O–H groups in total. The van der Waals surface area contributed by atoms with E-state index < -0.39 is 4.75 Å².